The molecule has 1 amide bonds. The lowest BCUT2D eigenvalue weighted by Crippen LogP contribution is -2.11. The van der Waals surface area contributed by atoms with Gasteiger partial charge in [-0.15, -0.1) is 11.3 Å². The molecule has 0 saturated heterocycles. The third-order valence-electron chi connectivity index (χ3n) is 4.14. The largest absolute Gasteiger partial charge is 0.298 e. The van der Waals surface area contributed by atoms with Gasteiger partial charge >= 0.3 is 0 Å². The molecule has 0 saturated carbocycles. The van der Waals surface area contributed by atoms with E-state index in [2.05, 4.69) is 40.8 Å². The van der Waals surface area contributed by atoms with Crippen molar-refractivity contribution in [3.8, 4) is 22.3 Å². The Hall–Kier alpha value is -2.95. The molecule has 3 nitrogen and oxygen atoms in total. The molecule has 0 unspecified atom stereocenters. The summed E-state index contributed by atoms with van der Waals surface area (Å²) in [5.74, 6) is -0.225. The molecule has 0 aliphatic carbocycles. The van der Waals surface area contributed by atoms with Gasteiger partial charge in [-0.1, -0.05) is 66.2 Å². The first-order chi connectivity index (χ1) is 13.2. The van der Waals surface area contributed by atoms with Gasteiger partial charge in [0, 0.05) is 21.5 Å². The average molecular weight is 390 g/mol. The van der Waals surface area contributed by atoms with Crippen LogP contribution in [0.1, 0.15) is 10.4 Å². The molecular weight excluding hydrogens is 376 g/mol. The highest BCUT2D eigenvalue weighted by atomic mass is 35.5. The smallest absolute Gasteiger partial charge is 0.257 e. The maximum absolute atomic E-state index is 12.4. The molecule has 0 aliphatic rings. The zero-order valence-electron chi connectivity index (χ0n) is 14.1. The molecule has 1 radical (unpaired) electrons. The van der Waals surface area contributed by atoms with E-state index in [1.165, 1.54) is 11.3 Å². The number of carbonyl (C=O) groups excluding carboxylic acids is 1. The molecule has 131 valence electrons. The van der Waals surface area contributed by atoms with Crippen molar-refractivity contribution in [1.29, 1.82) is 0 Å². The third kappa shape index (κ3) is 3.92. The van der Waals surface area contributed by atoms with Gasteiger partial charge in [0.05, 0.1) is 0 Å². The lowest BCUT2D eigenvalue weighted by atomic mass is 9.99. The Morgan fingerprint density at radius 3 is 2.33 bits per heavy atom. The Morgan fingerprint density at radius 1 is 0.926 bits per heavy atom. The molecule has 0 spiro atoms. The molecule has 0 atom stereocenters. The minimum absolute atomic E-state index is 0.225. The quantitative estimate of drug-likeness (QED) is 0.452. The van der Waals surface area contributed by atoms with Crippen LogP contribution in [0, 0.1) is 6.20 Å². The van der Waals surface area contributed by atoms with Crippen LogP contribution < -0.4 is 5.32 Å². The van der Waals surface area contributed by atoms with E-state index in [0.717, 1.165) is 22.3 Å². The molecule has 1 heterocycles. The molecule has 3 aromatic carbocycles. The summed E-state index contributed by atoms with van der Waals surface area (Å²) >= 11 is 7.71. The van der Waals surface area contributed by atoms with Crippen LogP contribution in [-0.4, -0.2) is 10.9 Å². The van der Waals surface area contributed by atoms with E-state index in [4.69, 9.17) is 11.6 Å². The molecule has 4 aromatic rings. The Morgan fingerprint density at radius 2 is 1.63 bits per heavy atom. The summed E-state index contributed by atoms with van der Waals surface area (Å²) in [4.78, 5) is 16.4. The minimum atomic E-state index is -0.225. The molecule has 0 fully saturated rings. The zero-order chi connectivity index (χ0) is 18.6. The molecule has 4 rings (SSSR count). The van der Waals surface area contributed by atoms with E-state index in [0.29, 0.717) is 15.7 Å². The lowest BCUT2D eigenvalue weighted by molar-refractivity contribution is 0.102. The van der Waals surface area contributed by atoms with Crippen LogP contribution in [0.2, 0.25) is 5.02 Å². The number of rotatable bonds is 4. The Kier molecular flexibility index (Phi) is 5.01. The SMILES string of the molecule is O=C(Nc1n[c]cs1)c1ccc(Cl)c(-c2ccc(-c3ccccc3)cc2)c1. The fourth-order valence-corrected chi connectivity index (χ4v) is 3.48. The number of aromatic nitrogens is 1. The number of halogens is 1. The average Bonchev–Trinajstić information content (AvgIpc) is 3.22. The van der Waals surface area contributed by atoms with Crippen molar-refractivity contribution >= 4 is 34.0 Å². The molecule has 0 bridgehead atoms. The number of thiazole rings is 1. The van der Waals surface area contributed by atoms with Crippen molar-refractivity contribution < 1.29 is 4.79 Å². The summed E-state index contributed by atoms with van der Waals surface area (Å²) in [7, 11) is 0. The van der Waals surface area contributed by atoms with Crippen molar-refractivity contribution in [2.45, 2.75) is 0 Å². The topological polar surface area (TPSA) is 42.0 Å². The van der Waals surface area contributed by atoms with Crippen LogP contribution in [0.25, 0.3) is 22.3 Å². The highest BCUT2D eigenvalue weighted by Gasteiger charge is 2.12. The van der Waals surface area contributed by atoms with Crippen molar-refractivity contribution in [2.24, 2.45) is 0 Å². The van der Waals surface area contributed by atoms with Crippen LogP contribution in [0.4, 0.5) is 5.13 Å². The maximum atomic E-state index is 12.4. The molecule has 1 aromatic heterocycles. The van der Waals surface area contributed by atoms with Crippen molar-refractivity contribution in [2.75, 3.05) is 5.32 Å². The number of hydrogen-bond acceptors (Lipinski definition) is 3. The summed E-state index contributed by atoms with van der Waals surface area (Å²) in [6, 6.07) is 23.6. The summed E-state index contributed by atoms with van der Waals surface area (Å²) in [6.07, 6.45) is 2.68. The first-order valence-corrected chi connectivity index (χ1v) is 9.55. The normalized spacial score (nSPS) is 10.6. The van der Waals surface area contributed by atoms with Crippen LogP contribution in [0.3, 0.4) is 0 Å². The number of nitrogens with one attached hydrogen (secondary N) is 1. The van der Waals surface area contributed by atoms with Gasteiger partial charge < -0.3 is 0 Å². The van der Waals surface area contributed by atoms with Gasteiger partial charge in [0.15, 0.2) is 5.13 Å². The number of nitrogens with zero attached hydrogens (tertiary/aromatic N) is 1. The summed E-state index contributed by atoms with van der Waals surface area (Å²) < 4.78 is 0. The van der Waals surface area contributed by atoms with Gasteiger partial charge in [-0.2, -0.15) is 0 Å². The fraction of sp³-hybridized carbons (Fsp3) is 0. The second-order valence-electron chi connectivity index (χ2n) is 5.87. The minimum Gasteiger partial charge on any atom is -0.298 e. The monoisotopic (exact) mass is 389 g/mol. The third-order valence-corrected chi connectivity index (χ3v) is 5.11. The molecular formula is C22H14ClN2OS. The van der Waals surface area contributed by atoms with Gasteiger partial charge in [-0.25, -0.2) is 4.98 Å². The van der Waals surface area contributed by atoms with Crippen molar-refractivity contribution in [3.63, 3.8) is 0 Å². The Balaban J connectivity index is 1.62. The van der Waals surface area contributed by atoms with Gasteiger partial charge in [0.2, 0.25) is 0 Å². The van der Waals surface area contributed by atoms with Crippen LogP contribution in [-0.2, 0) is 0 Å². The van der Waals surface area contributed by atoms with Crippen LogP contribution in [0.5, 0.6) is 0 Å². The zero-order valence-corrected chi connectivity index (χ0v) is 15.7. The number of carbonyl (C=O) groups is 1. The first kappa shape index (κ1) is 17.5. The molecule has 5 heteroatoms. The van der Waals surface area contributed by atoms with E-state index < -0.39 is 0 Å². The van der Waals surface area contributed by atoms with Gasteiger partial charge in [0.25, 0.3) is 5.91 Å². The van der Waals surface area contributed by atoms with Gasteiger partial charge in [-0.3, -0.25) is 10.1 Å². The summed E-state index contributed by atoms with van der Waals surface area (Å²) in [5.41, 5.74) is 4.58. The van der Waals surface area contributed by atoms with Gasteiger partial charge in [-0.05, 0) is 34.9 Å². The number of hydrogen-bond donors (Lipinski definition) is 1. The Labute approximate surface area is 166 Å². The predicted molar refractivity (Wildman–Crippen MR) is 111 cm³/mol. The standard InChI is InChI=1S/C22H14ClN2OS/c23-20-11-10-18(21(26)25-22-24-12-13-27-22)14-19(20)17-8-6-16(7-9-17)15-4-2-1-3-5-15/h1-11,13-14H,(H,24,25,26). The Bertz CT molecular complexity index is 1060. The first-order valence-electron chi connectivity index (χ1n) is 8.29. The number of benzene rings is 3. The van der Waals surface area contributed by atoms with E-state index in [1.807, 2.05) is 30.3 Å². The van der Waals surface area contributed by atoms with Gasteiger partial charge in [0.1, 0.15) is 6.20 Å². The number of anilines is 1. The van der Waals surface area contributed by atoms with Crippen LogP contribution in [0.15, 0.2) is 78.2 Å². The molecule has 27 heavy (non-hydrogen) atoms. The molecule has 1 N–H and O–H groups in total. The van der Waals surface area contributed by atoms with E-state index in [-0.39, 0.29) is 5.91 Å². The van der Waals surface area contributed by atoms with Crippen LogP contribution >= 0.6 is 22.9 Å². The summed E-state index contributed by atoms with van der Waals surface area (Å²) in [5, 5.41) is 5.57. The maximum Gasteiger partial charge on any atom is 0.257 e. The summed E-state index contributed by atoms with van der Waals surface area (Å²) in [6.45, 7) is 0. The molecule has 0 aliphatic heterocycles. The van der Waals surface area contributed by atoms with E-state index >= 15 is 0 Å². The fourth-order valence-electron chi connectivity index (χ4n) is 2.78. The second kappa shape index (κ2) is 7.74. The van der Waals surface area contributed by atoms with Crippen molar-refractivity contribution in [3.05, 3.63) is 95.0 Å². The van der Waals surface area contributed by atoms with E-state index in [9.17, 15) is 4.79 Å². The van der Waals surface area contributed by atoms with Crippen molar-refractivity contribution in [1.82, 2.24) is 4.98 Å². The highest BCUT2D eigenvalue weighted by Crippen LogP contribution is 2.31. The lowest BCUT2D eigenvalue weighted by Gasteiger charge is -2.09. The predicted octanol–water partition coefficient (Wildman–Crippen LogP) is 6.18. The second-order valence-corrected chi connectivity index (χ2v) is 7.14. The van der Waals surface area contributed by atoms with E-state index in [1.54, 1.807) is 23.6 Å². The highest BCUT2D eigenvalue weighted by molar-refractivity contribution is 7.13. The number of amides is 1.